The summed E-state index contributed by atoms with van der Waals surface area (Å²) >= 11 is 6.05. The third-order valence-electron chi connectivity index (χ3n) is 5.72. The van der Waals surface area contributed by atoms with E-state index in [1.165, 1.54) is 0 Å². The molecule has 1 fully saturated rings. The lowest BCUT2D eigenvalue weighted by atomic mass is 10.1. The summed E-state index contributed by atoms with van der Waals surface area (Å²) in [6.07, 6.45) is 4.08. The van der Waals surface area contributed by atoms with Gasteiger partial charge in [-0.25, -0.2) is 9.67 Å². The number of rotatable bonds is 8. The molecule has 2 aromatic carbocycles. The van der Waals surface area contributed by atoms with Gasteiger partial charge in [0.25, 0.3) is 0 Å². The van der Waals surface area contributed by atoms with Gasteiger partial charge in [0.05, 0.1) is 0 Å². The Morgan fingerprint density at radius 3 is 2.48 bits per heavy atom. The average molecular weight is 461 g/mol. The number of aromatic nitrogens is 1. The summed E-state index contributed by atoms with van der Waals surface area (Å²) in [6, 6.07) is 20.4. The fraction of sp³-hybridized carbons (Fsp3) is 0.231. The summed E-state index contributed by atoms with van der Waals surface area (Å²) in [7, 11) is 0. The van der Waals surface area contributed by atoms with Crippen molar-refractivity contribution in [2.75, 3.05) is 25.1 Å². The van der Waals surface area contributed by atoms with Gasteiger partial charge in [0, 0.05) is 40.9 Å². The number of pyridine rings is 1. The zero-order valence-electron chi connectivity index (χ0n) is 18.6. The van der Waals surface area contributed by atoms with Crippen molar-refractivity contribution < 1.29 is 0 Å². The van der Waals surface area contributed by atoms with E-state index in [2.05, 4.69) is 46.5 Å². The minimum Gasteiger partial charge on any atom is -0.382 e. The third kappa shape index (κ3) is 5.92. The summed E-state index contributed by atoms with van der Waals surface area (Å²) < 4.78 is 1.67. The van der Waals surface area contributed by atoms with Crippen LogP contribution >= 0.6 is 11.6 Å². The first kappa shape index (κ1) is 22.8. The van der Waals surface area contributed by atoms with Crippen molar-refractivity contribution in [3.8, 4) is 11.1 Å². The van der Waals surface area contributed by atoms with Crippen LogP contribution < -0.4 is 21.4 Å². The lowest BCUT2D eigenvalue weighted by molar-refractivity contribution is 0.425. The van der Waals surface area contributed by atoms with Crippen molar-refractivity contribution in [1.82, 2.24) is 15.3 Å². The maximum absolute atomic E-state index is 6.05. The third-order valence-corrected chi connectivity index (χ3v) is 5.97. The van der Waals surface area contributed by atoms with Crippen LogP contribution in [0.25, 0.3) is 16.8 Å². The largest absolute Gasteiger partial charge is 0.382 e. The highest BCUT2D eigenvalue weighted by molar-refractivity contribution is 6.30. The summed E-state index contributed by atoms with van der Waals surface area (Å²) in [5.41, 5.74) is 5.74. The van der Waals surface area contributed by atoms with Gasteiger partial charge in [-0.3, -0.25) is 0 Å². The van der Waals surface area contributed by atoms with Gasteiger partial charge in [-0.1, -0.05) is 42.4 Å². The van der Waals surface area contributed by atoms with Crippen molar-refractivity contribution in [1.29, 1.82) is 0 Å². The molecule has 0 spiro atoms. The Kier molecular flexibility index (Phi) is 7.60. The van der Waals surface area contributed by atoms with Gasteiger partial charge < -0.3 is 16.0 Å². The summed E-state index contributed by atoms with van der Waals surface area (Å²) in [5, 5.41) is 15.1. The molecule has 6 nitrogen and oxygen atoms in total. The van der Waals surface area contributed by atoms with Crippen LogP contribution in [0.4, 0.5) is 5.69 Å². The molecule has 0 bridgehead atoms. The van der Waals surface area contributed by atoms with Gasteiger partial charge in [-0.05, 0) is 73.5 Å². The van der Waals surface area contributed by atoms with E-state index in [0.29, 0.717) is 17.7 Å². The smallest absolute Gasteiger partial charge is 0.158 e. The second-order valence-electron chi connectivity index (χ2n) is 7.96. The molecule has 3 aromatic rings. The predicted octanol–water partition coefficient (Wildman–Crippen LogP) is 4.55. The first-order valence-electron chi connectivity index (χ1n) is 11.1. The summed E-state index contributed by atoms with van der Waals surface area (Å²) in [4.78, 5) is 4.76. The maximum atomic E-state index is 6.05. The summed E-state index contributed by atoms with van der Waals surface area (Å²) in [5.74, 6) is 0. The number of nitrogens with zero attached hydrogens (tertiary/aromatic N) is 3. The Balaban J connectivity index is 1.45. The minimum absolute atomic E-state index is 0.397. The molecule has 0 radical (unpaired) electrons. The SMILES string of the molecule is C=Nn1cccc(-c2ccc(Cl)cc2)/c1=N/CNc1ccc(C(=C)NC2CCNCC2)cc1. The highest BCUT2D eigenvalue weighted by Gasteiger charge is 2.13. The lowest BCUT2D eigenvalue weighted by Gasteiger charge is -2.25. The molecule has 3 N–H and O–H groups in total. The van der Waals surface area contributed by atoms with Crippen LogP contribution in [-0.2, 0) is 0 Å². The molecule has 1 saturated heterocycles. The number of hydrogen-bond acceptors (Lipinski definition) is 5. The van der Waals surface area contributed by atoms with E-state index < -0.39 is 0 Å². The van der Waals surface area contributed by atoms with Gasteiger partial charge in [-0.2, -0.15) is 5.10 Å². The monoisotopic (exact) mass is 460 g/mol. The molecular weight excluding hydrogens is 432 g/mol. The molecule has 2 heterocycles. The van der Waals surface area contributed by atoms with Crippen LogP contribution in [0.5, 0.6) is 0 Å². The molecule has 7 heteroatoms. The van der Waals surface area contributed by atoms with Crippen LogP contribution in [0.15, 0.2) is 83.5 Å². The van der Waals surface area contributed by atoms with Gasteiger partial charge >= 0.3 is 0 Å². The molecule has 1 aliphatic rings. The maximum Gasteiger partial charge on any atom is 0.158 e. The molecule has 0 saturated carbocycles. The topological polar surface area (TPSA) is 65.7 Å². The van der Waals surface area contributed by atoms with Crippen LogP contribution in [0.1, 0.15) is 18.4 Å². The fourth-order valence-corrected chi connectivity index (χ4v) is 4.03. The Morgan fingerprint density at radius 1 is 1.06 bits per heavy atom. The number of hydrogen-bond donors (Lipinski definition) is 3. The highest BCUT2D eigenvalue weighted by Crippen LogP contribution is 2.19. The Hall–Kier alpha value is -3.35. The van der Waals surface area contributed by atoms with E-state index in [1.54, 1.807) is 4.68 Å². The molecule has 0 amide bonds. The van der Waals surface area contributed by atoms with Gasteiger partial charge in [0.2, 0.25) is 0 Å². The van der Waals surface area contributed by atoms with Crippen molar-refractivity contribution in [2.45, 2.75) is 18.9 Å². The second-order valence-corrected chi connectivity index (χ2v) is 8.39. The molecule has 0 aliphatic carbocycles. The molecule has 0 unspecified atom stereocenters. The van der Waals surface area contributed by atoms with E-state index in [4.69, 9.17) is 16.6 Å². The number of nitrogens with one attached hydrogen (secondary N) is 3. The number of benzene rings is 2. The molecule has 1 aromatic heterocycles. The van der Waals surface area contributed by atoms with Crippen molar-refractivity contribution in [3.63, 3.8) is 0 Å². The average Bonchev–Trinajstić information content (AvgIpc) is 2.85. The standard InChI is InChI=1S/C26H29ClN6/c1-19(32-24-13-15-29-16-14-24)20-7-11-23(12-8-20)30-18-31-26-25(4-3-17-33(26)28-2)21-5-9-22(27)10-6-21/h3-12,17,24,29-30,32H,1-2,13-16,18H2/b31-26-. The quantitative estimate of drug-likeness (QED) is 0.432. The molecule has 33 heavy (non-hydrogen) atoms. The number of piperidine rings is 1. The van der Waals surface area contributed by atoms with Crippen LogP contribution in [0, 0.1) is 0 Å². The first-order chi connectivity index (χ1) is 16.1. The molecule has 170 valence electrons. The Labute approximate surface area is 199 Å². The molecular formula is C26H29ClN6. The fourth-order valence-electron chi connectivity index (χ4n) is 3.91. The van der Waals surface area contributed by atoms with E-state index in [9.17, 15) is 0 Å². The van der Waals surface area contributed by atoms with E-state index in [0.717, 1.165) is 59.5 Å². The van der Waals surface area contributed by atoms with Crippen molar-refractivity contribution in [2.24, 2.45) is 10.1 Å². The van der Waals surface area contributed by atoms with E-state index in [1.807, 2.05) is 54.7 Å². The number of halogens is 1. The first-order valence-corrected chi connectivity index (χ1v) is 11.5. The van der Waals surface area contributed by atoms with E-state index in [-0.39, 0.29) is 0 Å². The number of anilines is 1. The van der Waals surface area contributed by atoms with E-state index >= 15 is 0 Å². The minimum atomic E-state index is 0.397. The zero-order valence-corrected chi connectivity index (χ0v) is 19.4. The molecule has 1 aliphatic heterocycles. The molecule has 4 rings (SSSR count). The van der Waals surface area contributed by atoms with Gasteiger partial charge in [0.1, 0.15) is 6.67 Å². The molecule has 0 atom stereocenters. The lowest BCUT2D eigenvalue weighted by Crippen LogP contribution is -2.38. The van der Waals surface area contributed by atoms with Gasteiger partial charge in [0.15, 0.2) is 5.49 Å². The van der Waals surface area contributed by atoms with Crippen LogP contribution in [-0.4, -0.2) is 37.2 Å². The Morgan fingerprint density at radius 2 is 1.79 bits per heavy atom. The van der Waals surface area contributed by atoms with Crippen molar-refractivity contribution in [3.05, 3.63) is 89.5 Å². The van der Waals surface area contributed by atoms with Crippen LogP contribution in [0.3, 0.4) is 0 Å². The highest BCUT2D eigenvalue weighted by atomic mass is 35.5. The second kappa shape index (κ2) is 11.0. The zero-order chi connectivity index (χ0) is 23.0. The summed E-state index contributed by atoms with van der Waals surface area (Å²) in [6.45, 7) is 10.4. The van der Waals surface area contributed by atoms with Gasteiger partial charge in [-0.15, -0.1) is 0 Å². The Bertz CT molecular complexity index is 1160. The normalized spacial score (nSPS) is 14.6. The predicted molar refractivity (Wildman–Crippen MR) is 138 cm³/mol. The van der Waals surface area contributed by atoms with Crippen molar-refractivity contribution >= 4 is 29.7 Å². The van der Waals surface area contributed by atoms with Crippen LogP contribution in [0.2, 0.25) is 5.02 Å².